The summed E-state index contributed by atoms with van der Waals surface area (Å²) >= 11 is 0. The Morgan fingerprint density at radius 3 is 2.18 bits per heavy atom. The van der Waals surface area contributed by atoms with E-state index in [4.69, 9.17) is 4.74 Å². The van der Waals surface area contributed by atoms with Crippen LogP contribution in [0.4, 0.5) is 0 Å². The van der Waals surface area contributed by atoms with E-state index in [1.54, 1.807) is 0 Å². The van der Waals surface area contributed by atoms with Crippen molar-refractivity contribution in [1.29, 1.82) is 0 Å². The van der Waals surface area contributed by atoms with Crippen LogP contribution in [0.15, 0.2) is 0 Å². The Hall–Kier alpha value is -0.570. The average Bonchev–Trinajstić information content (AvgIpc) is 3.00. The molecule has 0 aliphatic heterocycles. The molecular formula is C19H31NO2. The molecule has 124 valence electrons. The lowest BCUT2D eigenvalue weighted by atomic mass is 9.54. The first kappa shape index (κ1) is 15.0. The second-order valence-corrected chi connectivity index (χ2v) is 8.40. The molecule has 1 unspecified atom stereocenters. The summed E-state index contributed by atoms with van der Waals surface area (Å²) in [5, 5.41) is 3.42. The van der Waals surface area contributed by atoms with Crippen LogP contribution in [-0.4, -0.2) is 24.2 Å². The van der Waals surface area contributed by atoms with Crippen LogP contribution in [0.3, 0.4) is 0 Å². The first-order valence-electron chi connectivity index (χ1n) is 9.68. The van der Waals surface area contributed by atoms with Crippen molar-refractivity contribution < 1.29 is 9.53 Å². The Balaban J connectivity index is 1.36. The SMILES string of the molecule is CCC(OC1CCCC1)C(=O)NC1C2CC3CC(C2)CC1C3. The molecule has 4 bridgehead atoms. The Morgan fingerprint density at radius 2 is 1.64 bits per heavy atom. The summed E-state index contributed by atoms with van der Waals surface area (Å²) in [4.78, 5) is 12.7. The van der Waals surface area contributed by atoms with E-state index in [1.165, 1.54) is 44.9 Å². The first-order valence-corrected chi connectivity index (χ1v) is 9.68. The topological polar surface area (TPSA) is 38.3 Å². The largest absolute Gasteiger partial charge is 0.365 e. The highest BCUT2D eigenvalue weighted by Gasteiger charge is 2.48. The van der Waals surface area contributed by atoms with E-state index in [0.29, 0.717) is 12.1 Å². The smallest absolute Gasteiger partial charge is 0.249 e. The van der Waals surface area contributed by atoms with Gasteiger partial charge in [0.15, 0.2) is 0 Å². The second kappa shape index (κ2) is 6.14. The summed E-state index contributed by atoms with van der Waals surface area (Å²) < 4.78 is 6.10. The molecule has 5 rings (SSSR count). The summed E-state index contributed by atoms with van der Waals surface area (Å²) in [6.45, 7) is 2.08. The number of carbonyl (C=O) groups excluding carboxylic acids is 1. The molecule has 0 heterocycles. The lowest BCUT2D eigenvalue weighted by molar-refractivity contribution is -0.140. The van der Waals surface area contributed by atoms with Gasteiger partial charge >= 0.3 is 0 Å². The van der Waals surface area contributed by atoms with E-state index in [1.807, 2.05) is 0 Å². The molecule has 0 aromatic carbocycles. The van der Waals surface area contributed by atoms with E-state index in [0.717, 1.165) is 42.9 Å². The number of rotatable bonds is 5. The lowest BCUT2D eigenvalue weighted by Crippen LogP contribution is -2.57. The fourth-order valence-electron chi connectivity index (χ4n) is 6.02. The maximum absolute atomic E-state index is 12.7. The summed E-state index contributed by atoms with van der Waals surface area (Å²) in [5.74, 6) is 3.61. The quantitative estimate of drug-likeness (QED) is 0.841. The highest BCUT2D eigenvalue weighted by molar-refractivity contribution is 5.81. The highest BCUT2D eigenvalue weighted by Crippen LogP contribution is 2.53. The molecule has 0 spiro atoms. The summed E-state index contributed by atoms with van der Waals surface area (Å²) in [6.07, 6.45) is 12.6. The van der Waals surface area contributed by atoms with Crippen LogP contribution in [0.1, 0.15) is 71.1 Å². The molecule has 1 amide bonds. The Morgan fingerprint density at radius 1 is 1.05 bits per heavy atom. The molecule has 3 heteroatoms. The predicted octanol–water partition coefficient (Wildman–Crippen LogP) is 3.67. The number of amides is 1. The van der Waals surface area contributed by atoms with E-state index in [2.05, 4.69) is 12.2 Å². The third-order valence-corrected chi connectivity index (χ3v) is 6.86. The van der Waals surface area contributed by atoms with Crippen LogP contribution >= 0.6 is 0 Å². The fraction of sp³-hybridized carbons (Fsp3) is 0.947. The molecule has 1 N–H and O–H groups in total. The molecule has 1 atom stereocenters. The van der Waals surface area contributed by atoms with Gasteiger partial charge in [-0.05, 0) is 75.0 Å². The number of hydrogen-bond acceptors (Lipinski definition) is 2. The van der Waals surface area contributed by atoms with Crippen LogP contribution in [0, 0.1) is 23.7 Å². The van der Waals surface area contributed by atoms with Gasteiger partial charge in [-0.15, -0.1) is 0 Å². The molecule has 5 aliphatic rings. The highest BCUT2D eigenvalue weighted by atomic mass is 16.5. The molecule has 0 aromatic heterocycles. The molecule has 3 nitrogen and oxygen atoms in total. The number of nitrogens with one attached hydrogen (secondary N) is 1. The lowest BCUT2D eigenvalue weighted by Gasteiger charge is -2.54. The zero-order chi connectivity index (χ0) is 15.1. The molecule has 0 aromatic rings. The third-order valence-electron chi connectivity index (χ3n) is 6.86. The van der Waals surface area contributed by atoms with Crippen molar-refractivity contribution >= 4 is 5.91 Å². The minimum atomic E-state index is -0.222. The molecule has 0 saturated heterocycles. The van der Waals surface area contributed by atoms with E-state index in [-0.39, 0.29) is 12.0 Å². The first-order chi connectivity index (χ1) is 10.7. The van der Waals surface area contributed by atoms with Crippen molar-refractivity contribution in [1.82, 2.24) is 5.32 Å². The molecule has 5 fully saturated rings. The average molecular weight is 305 g/mol. The standard InChI is InChI=1S/C19H31NO2/c1-2-17(22-16-5-3-4-6-16)19(21)20-18-14-8-12-7-13(10-14)11-15(18)9-12/h12-18H,2-11H2,1H3,(H,20,21). The molecule has 0 radical (unpaired) electrons. The van der Waals surface area contributed by atoms with Crippen LogP contribution in [-0.2, 0) is 9.53 Å². The molecule has 22 heavy (non-hydrogen) atoms. The predicted molar refractivity (Wildman–Crippen MR) is 86.4 cm³/mol. The maximum atomic E-state index is 12.7. The normalized spacial score (nSPS) is 41.8. The van der Waals surface area contributed by atoms with Gasteiger partial charge in [-0.1, -0.05) is 19.8 Å². The Labute approximate surface area is 134 Å². The molecule has 5 saturated carbocycles. The van der Waals surface area contributed by atoms with Crippen LogP contribution < -0.4 is 5.32 Å². The Kier molecular flexibility index (Phi) is 4.19. The number of hydrogen-bond donors (Lipinski definition) is 1. The van der Waals surface area contributed by atoms with Crippen molar-refractivity contribution in [2.45, 2.75) is 89.4 Å². The number of ether oxygens (including phenoxy) is 1. The van der Waals surface area contributed by atoms with Gasteiger partial charge in [-0.2, -0.15) is 0 Å². The van der Waals surface area contributed by atoms with Crippen LogP contribution in [0.2, 0.25) is 0 Å². The van der Waals surface area contributed by atoms with Gasteiger partial charge in [0.1, 0.15) is 6.10 Å². The molecular weight excluding hydrogens is 274 g/mol. The van der Waals surface area contributed by atoms with Gasteiger partial charge in [0, 0.05) is 6.04 Å². The Bertz CT molecular complexity index is 388. The maximum Gasteiger partial charge on any atom is 0.249 e. The van der Waals surface area contributed by atoms with E-state index >= 15 is 0 Å². The van der Waals surface area contributed by atoms with Gasteiger partial charge in [0.05, 0.1) is 6.10 Å². The van der Waals surface area contributed by atoms with Crippen molar-refractivity contribution in [3.8, 4) is 0 Å². The van der Waals surface area contributed by atoms with Crippen LogP contribution in [0.25, 0.3) is 0 Å². The second-order valence-electron chi connectivity index (χ2n) is 8.40. The van der Waals surface area contributed by atoms with Crippen molar-refractivity contribution in [2.24, 2.45) is 23.7 Å². The van der Waals surface area contributed by atoms with Crippen molar-refractivity contribution in [2.75, 3.05) is 0 Å². The van der Waals surface area contributed by atoms with Crippen molar-refractivity contribution in [3.05, 3.63) is 0 Å². The minimum Gasteiger partial charge on any atom is -0.365 e. The van der Waals surface area contributed by atoms with Crippen LogP contribution in [0.5, 0.6) is 0 Å². The number of carbonyl (C=O) groups is 1. The van der Waals surface area contributed by atoms with Crippen molar-refractivity contribution in [3.63, 3.8) is 0 Å². The van der Waals surface area contributed by atoms with Gasteiger partial charge < -0.3 is 10.1 Å². The van der Waals surface area contributed by atoms with Gasteiger partial charge in [-0.3, -0.25) is 4.79 Å². The van der Waals surface area contributed by atoms with Gasteiger partial charge in [0.25, 0.3) is 0 Å². The van der Waals surface area contributed by atoms with Gasteiger partial charge in [-0.25, -0.2) is 0 Å². The summed E-state index contributed by atoms with van der Waals surface area (Å²) in [5.41, 5.74) is 0. The van der Waals surface area contributed by atoms with E-state index in [9.17, 15) is 4.79 Å². The molecule has 5 aliphatic carbocycles. The zero-order valence-corrected chi connectivity index (χ0v) is 13.9. The monoisotopic (exact) mass is 305 g/mol. The fourth-order valence-corrected chi connectivity index (χ4v) is 6.02. The minimum absolute atomic E-state index is 0.173. The van der Waals surface area contributed by atoms with E-state index < -0.39 is 0 Å². The third kappa shape index (κ3) is 2.81. The summed E-state index contributed by atoms with van der Waals surface area (Å²) in [7, 11) is 0. The summed E-state index contributed by atoms with van der Waals surface area (Å²) in [6, 6.07) is 0.446. The zero-order valence-electron chi connectivity index (χ0n) is 13.9. The van der Waals surface area contributed by atoms with Gasteiger partial charge in [0.2, 0.25) is 5.91 Å².